The zero-order valence-electron chi connectivity index (χ0n) is 10.4. The lowest BCUT2D eigenvalue weighted by atomic mass is 10.0. The van der Waals surface area contributed by atoms with Crippen molar-refractivity contribution in [3.05, 3.63) is 34.3 Å². The molecule has 0 saturated heterocycles. The molecule has 94 valence electrons. The standard InChI is InChI=1S/C13H18BrNO2/c1-13(2,3)17-12(16)8-11(15)9-4-6-10(14)7-5-9/h4-7,11H,8,15H2,1-3H3. The first-order chi connectivity index (χ1) is 7.78. The average molecular weight is 300 g/mol. The molecule has 0 aliphatic rings. The highest BCUT2D eigenvalue weighted by Crippen LogP contribution is 2.19. The van der Waals surface area contributed by atoms with Crippen molar-refractivity contribution in [2.45, 2.75) is 38.8 Å². The molecule has 1 atom stereocenters. The zero-order chi connectivity index (χ0) is 13.1. The Labute approximate surface area is 110 Å². The number of halogens is 1. The minimum absolute atomic E-state index is 0.193. The van der Waals surface area contributed by atoms with Crippen molar-refractivity contribution in [2.24, 2.45) is 5.73 Å². The van der Waals surface area contributed by atoms with Gasteiger partial charge in [-0.25, -0.2) is 0 Å². The number of rotatable bonds is 3. The number of ether oxygens (including phenoxy) is 1. The van der Waals surface area contributed by atoms with Gasteiger partial charge < -0.3 is 10.5 Å². The van der Waals surface area contributed by atoms with Gasteiger partial charge in [0, 0.05) is 10.5 Å². The summed E-state index contributed by atoms with van der Waals surface area (Å²) in [6.45, 7) is 5.53. The topological polar surface area (TPSA) is 52.3 Å². The Kier molecular flexibility index (Phi) is 4.71. The molecule has 0 saturated carbocycles. The largest absolute Gasteiger partial charge is 0.460 e. The fraction of sp³-hybridized carbons (Fsp3) is 0.462. The van der Waals surface area contributed by atoms with Crippen LogP contribution in [0.3, 0.4) is 0 Å². The van der Waals surface area contributed by atoms with Crippen molar-refractivity contribution in [1.82, 2.24) is 0 Å². The van der Waals surface area contributed by atoms with E-state index in [-0.39, 0.29) is 18.4 Å². The van der Waals surface area contributed by atoms with Crippen molar-refractivity contribution in [1.29, 1.82) is 0 Å². The Balaban J connectivity index is 2.57. The van der Waals surface area contributed by atoms with E-state index in [9.17, 15) is 4.79 Å². The number of nitrogens with two attached hydrogens (primary N) is 1. The highest BCUT2D eigenvalue weighted by Gasteiger charge is 2.19. The number of esters is 1. The van der Waals surface area contributed by atoms with Gasteiger partial charge in [0.1, 0.15) is 5.60 Å². The summed E-state index contributed by atoms with van der Waals surface area (Å²) in [7, 11) is 0. The molecule has 1 aromatic carbocycles. The van der Waals surface area contributed by atoms with Gasteiger partial charge >= 0.3 is 5.97 Å². The maximum absolute atomic E-state index is 11.6. The summed E-state index contributed by atoms with van der Waals surface area (Å²) in [6, 6.07) is 7.30. The summed E-state index contributed by atoms with van der Waals surface area (Å²) in [5.41, 5.74) is 6.42. The summed E-state index contributed by atoms with van der Waals surface area (Å²) in [4.78, 5) is 11.6. The molecular weight excluding hydrogens is 282 g/mol. The van der Waals surface area contributed by atoms with Crippen molar-refractivity contribution in [2.75, 3.05) is 0 Å². The van der Waals surface area contributed by atoms with Crippen LogP contribution >= 0.6 is 15.9 Å². The molecule has 0 amide bonds. The Morgan fingerprint density at radius 3 is 2.35 bits per heavy atom. The predicted molar refractivity (Wildman–Crippen MR) is 71.5 cm³/mol. The quantitative estimate of drug-likeness (QED) is 0.872. The van der Waals surface area contributed by atoms with Crippen LogP contribution in [0.4, 0.5) is 0 Å². The Bertz CT molecular complexity index is 381. The number of hydrogen-bond donors (Lipinski definition) is 1. The lowest BCUT2D eigenvalue weighted by Crippen LogP contribution is -2.26. The number of carbonyl (C=O) groups excluding carboxylic acids is 1. The molecule has 0 radical (unpaired) electrons. The number of benzene rings is 1. The summed E-state index contributed by atoms with van der Waals surface area (Å²) in [6.07, 6.45) is 0.193. The van der Waals surface area contributed by atoms with E-state index < -0.39 is 5.60 Å². The first kappa shape index (κ1) is 14.2. The van der Waals surface area contributed by atoms with E-state index in [0.29, 0.717) is 0 Å². The van der Waals surface area contributed by atoms with Crippen LogP contribution in [0.2, 0.25) is 0 Å². The van der Waals surface area contributed by atoms with Crippen LogP contribution in [0.5, 0.6) is 0 Å². The second kappa shape index (κ2) is 5.65. The van der Waals surface area contributed by atoms with E-state index in [1.165, 1.54) is 0 Å². The molecule has 0 aliphatic heterocycles. The number of hydrogen-bond acceptors (Lipinski definition) is 3. The average Bonchev–Trinajstić information content (AvgIpc) is 2.15. The molecule has 1 rings (SSSR count). The van der Waals surface area contributed by atoms with Gasteiger partial charge in [-0.15, -0.1) is 0 Å². The molecule has 0 spiro atoms. The van der Waals surface area contributed by atoms with Gasteiger partial charge in [-0.1, -0.05) is 28.1 Å². The van der Waals surface area contributed by atoms with E-state index in [1.54, 1.807) is 0 Å². The lowest BCUT2D eigenvalue weighted by Gasteiger charge is -2.21. The summed E-state index contributed by atoms with van der Waals surface area (Å²) in [5, 5.41) is 0. The van der Waals surface area contributed by atoms with E-state index >= 15 is 0 Å². The molecule has 17 heavy (non-hydrogen) atoms. The van der Waals surface area contributed by atoms with Crippen LogP contribution in [0.1, 0.15) is 38.8 Å². The van der Waals surface area contributed by atoms with Gasteiger partial charge in [0.25, 0.3) is 0 Å². The smallest absolute Gasteiger partial charge is 0.308 e. The molecule has 4 heteroatoms. The fourth-order valence-electron chi connectivity index (χ4n) is 1.39. The normalized spacial score (nSPS) is 13.2. The van der Waals surface area contributed by atoms with E-state index in [4.69, 9.17) is 10.5 Å². The molecular formula is C13H18BrNO2. The van der Waals surface area contributed by atoms with Crippen LogP contribution in [-0.2, 0) is 9.53 Å². The second-order valence-electron chi connectivity index (χ2n) is 4.95. The SMILES string of the molecule is CC(C)(C)OC(=O)CC(N)c1ccc(Br)cc1. The van der Waals surface area contributed by atoms with Gasteiger partial charge in [-0.05, 0) is 38.5 Å². The van der Waals surface area contributed by atoms with Gasteiger partial charge in [0.15, 0.2) is 0 Å². The molecule has 0 aromatic heterocycles. The van der Waals surface area contributed by atoms with E-state index in [2.05, 4.69) is 15.9 Å². The minimum Gasteiger partial charge on any atom is -0.460 e. The lowest BCUT2D eigenvalue weighted by molar-refractivity contribution is -0.155. The molecule has 1 unspecified atom stereocenters. The van der Waals surface area contributed by atoms with Crippen molar-refractivity contribution in [3.8, 4) is 0 Å². The molecule has 1 aromatic rings. The van der Waals surface area contributed by atoms with Crippen molar-refractivity contribution >= 4 is 21.9 Å². The number of carbonyl (C=O) groups is 1. The fourth-order valence-corrected chi connectivity index (χ4v) is 1.65. The first-order valence-electron chi connectivity index (χ1n) is 5.51. The van der Waals surface area contributed by atoms with Gasteiger partial charge in [0.05, 0.1) is 6.42 Å². The molecule has 0 aliphatic carbocycles. The van der Waals surface area contributed by atoms with Crippen LogP contribution in [-0.4, -0.2) is 11.6 Å². The first-order valence-corrected chi connectivity index (χ1v) is 6.30. The molecule has 0 heterocycles. The van der Waals surface area contributed by atoms with Crippen molar-refractivity contribution < 1.29 is 9.53 Å². The third-order valence-corrected chi connectivity index (χ3v) is 2.63. The third-order valence-electron chi connectivity index (χ3n) is 2.10. The summed E-state index contributed by atoms with van der Waals surface area (Å²) >= 11 is 3.35. The minimum atomic E-state index is -0.462. The van der Waals surface area contributed by atoms with Gasteiger partial charge in [-0.3, -0.25) is 4.79 Å². The van der Waals surface area contributed by atoms with Gasteiger partial charge in [-0.2, -0.15) is 0 Å². The molecule has 0 bridgehead atoms. The molecule has 3 nitrogen and oxygen atoms in total. The summed E-state index contributed by atoms with van der Waals surface area (Å²) in [5.74, 6) is -0.270. The third kappa shape index (κ3) is 5.33. The Morgan fingerprint density at radius 1 is 1.35 bits per heavy atom. The monoisotopic (exact) mass is 299 g/mol. The van der Waals surface area contributed by atoms with Crippen molar-refractivity contribution in [3.63, 3.8) is 0 Å². The second-order valence-corrected chi connectivity index (χ2v) is 5.86. The molecule has 2 N–H and O–H groups in total. The van der Waals surface area contributed by atoms with E-state index in [1.807, 2.05) is 45.0 Å². The Morgan fingerprint density at radius 2 is 1.88 bits per heavy atom. The highest BCUT2D eigenvalue weighted by molar-refractivity contribution is 9.10. The Hall–Kier alpha value is -0.870. The maximum atomic E-state index is 11.6. The van der Waals surface area contributed by atoms with Crippen LogP contribution in [0.25, 0.3) is 0 Å². The zero-order valence-corrected chi connectivity index (χ0v) is 12.0. The van der Waals surface area contributed by atoms with E-state index in [0.717, 1.165) is 10.0 Å². The van der Waals surface area contributed by atoms with Crippen LogP contribution in [0, 0.1) is 0 Å². The van der Waals surface area contributed by atoms with Crippen LogP contribution < -0.4 is 5.73 Å². The highest BCUT2D eigenvalue weighted by atomic mass is 79.9. The molecule has 0 fully saturated rings. The van der Waals surface area contributed by atoms with Crippen LogP contribution in [0.15, 0.2) is 28.7 Å². The summed E-state index contributed by atoms with van der Waals surface area (Å²) < 4.78 is 6.22. The maximum Gasteiger partial charge on any atom is 0.308 e. The van der Waals surface area contributed by atoms with Gasteiger partial charge in [0.2, 0.25) is 0 Å². The predicted octanol–water partition coefficient (Wildman–Crippen LogP) is 3.18.